The van der Waals surface area contributed by atoms with E-state index >= 15 is 0 Å². The quantitative estimate of drug-likeness (QED) is 0.400. The van der Waals surface area contributed by atoms with Gasteiger partial charge < -0.3 is 19.4 Å². The first-order valence-corrected chi connectivity index (χ1v) is 13.7. The van der Waals surface area contributed by atoms with Crippen LogP contribution in [0.3, 0.4) is 0 Å². The molecule has 3 aromatic carbocycles. The minimum Gasteiger partial charge on any atom is -0.410 e. The van der Waals surface area contributed by atoms with Crippen LogP contribution in [0.2, 0.25) is 5.02 Å². The molecule has 2 saturated heterocycles. The van der Waals surface area contributed by atoms with Gasteiger partial charge in [0.15, 0.2) is 0 Å². The summed E-state index contributed by atoms with van der Waals surface area (Å²) in [7, 11) is 1.67. The lowest BCUT2D eigenvalue weighted by atomic mass is 9.93. The Morgan fingerprint density at radius 2 is 1.62 bits per heavy atom. The molecule has 3 aromatic rings. The van der Waals surface area contributed by atoms with E-state index in [1.165, 1.54) is 29.2 Å². The third-order valence-electron chi connectivity index (χ3n) is 7.91. The molecule has 5 rings (SSSR count). The molecule has 0 saturated carbocycles. The van der Waals surface area contributed by atoms with Crippen LogP contribution >= 0.6 is 11.6 Å². The number of likely N-dealkylation sites (N-methyl/N-ethyl adjacent to an activating group) is 1. The fraction of sp³-hybridized carbons (Fsp3) is 0.323. The van der Waals surface area contributed by atoms with Gasteiger partial charge in [-0.1, -0.05) is 23.7 Å². The summed E-state index contributed by atoms with van der Waals surface area (Å²) in [6.45, 7) is 2.38. The Bertz CT molecular complexity index is 1380. The number of carbonyl (C=O) groups excluding carboxylic acids is 2. The number of hydrogen-bond acceptors (Lipinski definition) is 5. The van der Waals surface area contributed by atoms with Crippen molar-refractivity contribution in [3.8, 4) is 11.8 Å². The summed E-state index contributed by atoms with van der Waals surface area (Å²) in [4.78, 5) is 32.4. The third-order valence-corrected chi connectivity index (χ3v) is 8.16. The summed E-state index contributed by atoms with van der Waals surface area (Å²) in [6, 6.07) is 22.1. The standard InChI is InChI=1S/C31H30ClFN4O3/c1-35(31(39)40-27-12-8-25(33)9-13-27)29-20-37(19-28(29)22-4-6-24(32)7-5-22)30(38)23-14-16-36(17-15-23)26-10-2-21(18-34)3-11-26/h2-13,23,28-29H,14-17,19-20H2,1H3/t28-,29+/m0/s1. The molecule has 0 N–H and O–H groups in total. The van der Waals surface area contributed by atoms with Gasteiger partial charge in [-0.05, 0) is 79.1 Å². The smallest absolute Gasteiger partial charge is 0.410 e. The highest BCUT2D eigenvalue weighted by Gasteiger charge is 2.42. The molecule has 0 bridgehead atoms. The Kier molecular flexibility index (Phi) is 8.22. The maximum Gasteiger partial charge on any atom is 0.415 e. The summed E-state index contributed by atoms with van der Waals surface area (Å²) in [5.74, 6) is -0.285. The average molecular weight is 561 g/mol. The van der Waals surface area contributed by atoms with E-state index in [1.807, 2.05) is 53.4 Å². The van der Waals surface area contributed by atoms with Crippen LogP contribution in [0, 0.1) is 23.1 Å². The van der Waals surface area contributed by atoms with E-state index in [0.29, 0.717) is 23.7 Å². The number of anilines is 1. The second kappa shape index (κ2) is 12.0. The number of halogens is 2. The molecule has 0 unspecified atom stereocenters. The molecule has 2 atom stereocenters. The van der Waals surface area contributed by atoms with Crippen molar-refractivity contribution in [2.24, 2.45) is 5.92 Å². The molecule has 0 spiro atoms. The van der Waals surface area contributed by atoms with E-state index in [-0.39, 0.29) is 29.5 Å². The van der Waals surface area contributed by atoms with Crippen LogP contribution in [-0.4, -0.2) is 61.1 Å². The molecular weight excluding hydrogens is 531 g/mol. The molecule has 0 aliphatic carbocycles. The van der Waals surface area contributed by atoms with Crippen LogP contribution in [0.4, 0.5) is 14.9 Å². The highest BCUT2D eigenvalue weighted by atomic mass is 35.5. The summed E-state index contributed by atoms with van der Waals surface area (Å²) in [5.41, 5.74) is 2.66. The van der Waals surface area contributed by atoms with Crippen molar-refractivity contribution in [1.82, 2.24) is 9.80 Å². The average Bonchev–Trinajstić information content (AvgIpc) is 3.43. The zero-order chi connectivity index (χ0) is 28.2. The van der Waals surface area contributed by atoms with Crippen LogP contribution in [0.5, 0.6) is 5.75 Å². The number of amides is 2. The molecule has 2 heterocycles. The van der Waals surface area contributed by atoms with Gasteiger partial charge in [-0.25, -0.2) is 9.18 Å². The molecule has 2 fully saturated rings. The van der Waals surface area contributed by atoms with Gasteiger partial charge >= 0.3 is 6.09 Å². The first-order valence-electron chi connectivity index (χ1n) is 13.3. The normalized spacial score (nSPS) is 19.2. The van der Waals surface area contributed by atoms with Crippen molar-refractivity contribution in [3.63, 3.8) is 0 Å². The number of ether oxygens (including phenoxy) is 1. The predicted molar refractivity (Wildman–Crippen MR) is 151 cm³/mol. The number of likely N-dealkylation sites (tertiary alicyclic amines) is 1. The minimum absolute atomic E-state index is 0.0984. The second-order valence-electron chi connectivity index (χ2n) is 10.3. The predicted octanol–water partition coefficient (Wildman–Crippen LogP) is 5.69. The van der Waals surface area contributed by atoms with Crippen LogP contribution in [0.15, 0.2) is 72.8 Å². The van der Waals surface area contributed by atoms with E-state index in [4.69, 9.17) is 21.6 Å². The summed E-state index contributed by atoms with van der Waals surface area (Å²) in [5, 5.41) is 9.66. The molecule has 7 nitrogen and oxygen atoms in total. The van der Waals surface area contributed by atoms with E-state index in [0.717, 1.165) is 37.2 Å². The third kappa shape index (κ3) is 6.05. The molecule has 40 heavy (non-hydrogen) atoms. The van der Waals surface area contributed by atoms with E-state index in [1.54, 1.807) is 7.05 Å². The van der Waals surface area contributed by atoms with Crippen LogP contribution < -0.4 is 9.64 Å². The first kappa shape index (κ1) is 27.5. The maximum absolute atomic E-state index is 13.7. The Morgan fingerprint density at radius 1 is 0.975 bits per heavy atom. The SMILES string of the molecule is CN(C(=O)Oc1ccc(F)cc1)[C@@H]1CN(C(=O)C2CCN(c3ccc(C#N)cc3)CC2)C[C@H]1c1ccc(Cl)cc1. The molecule has 2 aliphatic heterocycles. The summed E-state index contributed by atoms with van der Waals surface area (Å²) >= 11 is 6.13. The topological polar surface area (TPSA) is 76.9 Å². The maximum atomic E-state index is 13.7. The van der Waals surface area contributed by atoms with Crippen molar-refractivity contribution >= 4 is 29.3 Å². The fourth-order valence-electron chi connectivity index (χ4n) is 5.60. The summed E-state index contributed by atoms with van der Waals surface area (Å²) < 4.78 is 18.8. The first-order chi connectivity index (χ1) is 19.3. The van der Waals surface area contributed by atoms with E-state index in [2.05, 4.69) is 11.0 Å². The number of rotatable bonds is 5. The van der Waals surface area contributed by atoms with Crippen molar-refractivity contribution in [3.05, 3.63) is 94.8 Å². The lowest BCUT2D eigenvalue weighted by Gasteiger charge is -2.34. The molecular formula is C31H30ClFN4O3. The molecule has 0 aromatic heterocycles. The van der Waals surface area contributed by atoms with Crippen molar-refractivity contribution < 1.29 is 18.7 Å². The number of benzene rings is 3. The largest absolute Gasteiger partial charge is 0.415 e. The van der Waals surface area contributed by atoms with Gasteiger partial charge in [-0.2, -0.15) is 5.26 Å². The number of piperidine rings is 1. The molecule has 206 valence electrons. The Hall–Kier alpha value is -4.09. The van der Waals surface area contributed by atoms with Gasteiger partial charge in [-0.3, -0.25) is 4.79 Å². The van der Waals surface area contributed by atoms with Crippen LogP contribution in [0.25, 0.3) is 0 Å². The monoisotopic (exact) mass is 560 g/mol. The lowest BCUT2D eigenvalue weighted by Crippen LogP contribution is -2.45. The summed E-state index contributed by atoms with van der Waals surface area (Å²) in [6.07, 6.45) is 0.892. The van der Waals surface area contributed by atoms with Crippen molar-refractivity contribution in [1.29, 1.82) is 5.26 Å². The Morgan fingerprint density at radius 3 is 2.25 bits per heavy atom. The molecule has 2 amide bonds. The van der Waals surface area contributed by atoms with Gasteiger partial charge in [0.2, 0.25) is 5.91 Å². The number of hydrogen-bond donors (Lipinski definition) is 0. The Labute approximate surface area is 238 Å². The molecule has 9 heteroatoms. The van der Waals surface area contributed by atoms with Gasteiger partial charge in [0.25, 0.3) is 0 Å². The molecule has 0 radical (unpaired) electrons. The highest BCUT2D eigenvalue weighted by Crippen LogP contribution is 2.34. The van der Waals surface area contributed by atoms with Crippen LogP contribution in [0.1, 0.15) is 29.9 Å². The van der Waals surface area contributed by atoms with Gasteiger partial charge in [0.05, 0.1) is 17.7 Å². The number of nitriles is 1. The minimum atomic E-state index is -0.569. The lowest BCUT2D eigenvalue weighted by molar-refractivity contribution is -0.135. The van der Waals surface area contributed by atoms with E-state index < -0.39 is 11.9 Å². The molecule has 2 aliphatic rings. The van der Waals surface area contributed by atoms with Crippen molar-refractivity contribution in [2.75, 3.05) is 38.1 Å². The van der Waals surface area contributed by atoms with Gasteiger partial charge in [0.1, 0.15) is 11.6 Å². The van der Waals surface area contributed by atoms with E-state index in [9.17, 15) is 14.0 Å². The fourth-order valence-corrected chi connectivity index (χ4v) is 5.72. The zero-order valence-electron chi connectivity index (χ0n) is 22.2. The number of carbonyl (C=O) groups is 2. The zero-order valence-corrected chi connectivity index (χ0v) is 22.9. The van der Waals surface area contributed by atoms with Gasteiger partial charge in [-0.15, -0.1) is 0 Å². The van der Waals surface area contributed by atoms with Crippen LogP contribution in [-0.2, 0) is 4.79 Å². The highest BCUT2D eigenvalue weighted by molar-refractivity contribution is 6.30. The van der Waals surface area contributed by atoms with Gasteiger partial charge in [0, 0.05) is 55.8 Å². The number of nitrogens with zero attached hydrogens (tertiary/aromatic N) is 4. The van der Waals surface area contributed by atoms with Crippen molar-refractivity contribution in [2.45, 2.75) is 24.8 Å². The Balaban J connectivity index is 1.27. The second-order valence-corrected chi connectivity index (χ2v) is 10.8.